The number of aryl methyl sites for hydroxylation is 3. The van der Waals surface area contributed by atoms with Crippen LogP contribution in [0.1, 0.15) is 66.0 Å². The van der Waals surface area contributed by atoms with Crippen LogP contribution in [0.15, 0.2) is 220 Å². The Morgan fingerprint density at radius 2 is 0.848 bits per heavy atom. The van der Waals surface area contributed by atoms with Crippen molar-refractivity contribution in [3.05, 3.63) is 225 Å². The largest absolute Gasteiger partial charge is 0.497 e. The molecule has 1 aliphatic heterocycles. The number of rotatable bonds is 33. The number of aliphatic hydroxyl groups excluding tert-OH is 1. The average Bonchev–Trinajstić information content (AvgIpc) is 1.76. The lowest BCUT2D eigenvalue weighted by Gasteiger charge is -2.29. The highest BCUT2D eigenvalue weighted by atomic mass is 35.5. The third kappa shape index (κ3) is 23.2. The van der Waals surface area contributed by atoms with Gasteiger partial charge >= 0.3 is 0 Å². The second-order valence-corrected chi connectivity index (χ2v) is 32.0. The smallest absolute Gasteiger partial charge is 0.178 e. The fourth-order valence-corrected chi connectivity index (χ4v) is 15.3. The van der Waals surface area contributed by atoms with Gasteiger partial charge in [-0.1, -0.05) is 39.3 Å². The molecule has 132 heavy (non-hydrogen) atoms. The number of hydrogen-bond acceptors (Lipinski definition) is 28. The van der Waals surface area contributed by atoms with Crippen LogP contribution in [0.4, 0.5) is 45.5 Å². The Balaban J connectivity index is 0.000000142. The van der Waals surface area contributed by atoms with Crippen molar-refractivity contribution in [3.8, 4) is 85.3 Å². The Bertz CT molecular complexity index is 6550. The normalized spacial score (nSPS) is 12.6. The van der Waals surface area contributed by atoms with Crippen molar-refractivity contribution in [2.24, 2.45) is 21.1 Å². The number of nitrogens with zero attached hydrogens (tertiary/aromatic N) is 20. The molecule has 0 aliphatic carbocycles. The van der Waals surface area contributed by atoms with Crippen molar-refractivity contribution in [3.63, 3.8) is 0 Å². The van der Waals surface area contributed by atoms with Gasteiger partial charge in [0.25, 0.3) is 0 Å². The molecule has 2 N–H and O–H groups in total. The number of ether oxygens (including phenoxy) is 9. The average molecular weight is 1810 g/mol. The van der Waals surface area contributed by atoms with Crippen molar-refractivity contribution < 1.29 is 52.5 Å². The van der Waals surface area contributed by atoms with Crippen LogP contribution in [-0.4, -0.2) is 205 Å². The van der Waals surface area contributed by atoms with Gasteiger partial charge in [0.15, 0.2) is 5.78 Å². The van der Waals surface area contributed by atoms with Crippen LogP contribution >= 0.6 is 11.6 Å². The van der Waals surface area contributed by atoms with Crippen LogP contribution in [0, 0.1) is 0 Å². The van der Waals surface area contributed by atoms with Crippen molar-refractivity contribution in [2.75, 3.05) is 122 Å². The number of carbonyl (C=O) groups is 1. The maximum Gasteiger partial charge on any atom is 0.178 e. The van der Waals surface area contributed by atoms with Crippen LogP contribution < -0.4 is 58.1 Å². The van der Waals surface area contributed by atoms with E-state index >= 15 is 0 Å². The first-order valence-electron chi connectivity index (χ1n) is 43.4. The third-order valence-electron chi connectivity index (χ3n) is 21.8. The van der Waals surface area contributed by atoms with Gasteiger partial charge in [0.2, 0.25) is 0 Å². The molecule has 16 aromatic rings. The number of aromatic nitrogens is 16. The molecule has 32 nitrogen and oxygen atoms in total. The Morgan fingerprint density at radius 3 is 1.24 bits per heavy atom. The first-order chi connectivity index (χ1) is 64.1. The molecule has 8 aromatic heterocycles. The van der Waals surface area contributed by atoms with E-state index in [1.165, 1.54) is 7.11 Å². The minimum Gasteiger partial charge on any atom is -0.497 e. The van der Waals surface area contributed by atoms with Gasteiger partial charge in [-0.05, 0) is 129 Å². The summed E-state index contributed by atoms with van der Waals surface area (Å²) in [5, 5.41) is 32.0. The number of nitrogens with one attached hydrogen (secondary N) is 1. The maximum absolute atomic E-state index is 12.5. The molecule has 17 rings (SSSR count). The summed E-state index contributed by atoms with van der Waals surface area (Å²) in [7, 11) is 18.5. The quantitative estimate of drug-likeness (QED) is 0.0386. The summed E-state index contributed by atoms with van der Waals surface area (Å²) in [6.07, 6.45) is 26.5. The molecule has 0 spiro atoms. The van der Waals surface area contributed by atoms with Crippen LogP contribution in [-0.2, 0) is 35.4 Å². The number of halogens is 1. The molecule has 8 aromatic carbocycles. The summed E-state index contributed by atoms with van der Waals surface area (Å²) in [6, 6.07) is 46.8. The van der Waals surface area contributed by atoms with Crippen molar-refractivity contribution in [1.29, 1.82) is 0 Å². The summed E-state index contributed by atoms with van der Waals surface area (Å²) >= 11 is 6.58. The van der Waals surface area contributed by atoms with Gasteiger partial charge in [-0.15, -0.1) is 0 Å². The third-order valence-corrected chi connectivity index (χ3v) is 22.1. The monoisotopic (exact) mass is 1800 g/mol. The summed E-state index contributed by atoms with van der Waals surface area (Å²) in [4.78, 5) is 58.6. The Hall–Kier alpha value is -14.4. The van der Waals surface area contributed by atoms with Gasteiger partial charge in [-0.2, -0.15) is 20.4 Å². The predicted octanol–water partition coefficient (Wildman–Crippen LogP) is 17.9. The van der Waals surface area contributed by atoms with Gasteiger partial charge in [0, 0.05) is 190 Å². The summed E-state index contributed by atoms with van der Waals surface area (Å²) < 4.78 is 56.4. The van der Waals surface area contributed by atoms with E-state index in [4.69, 9.17) is 74.2 Å². The van der Waals surface area contributed by atoms with E-state index in [0.29, 0.717) is 46.6 Å². The number of anilines is 8. The lowest BCUT2D eigenvalue weighted by molar-refractivity contribution is -0.121. The van der Waals surface area contributed by atoms with E-state index in [2.05, 4.69) is 107 Å². The molecule has 0 bridgehead atoms. The standard InChI is InChI=1S/C26H28ClN5O2.C26H32N6O3.C24H25N5O4.C23H25N5O2/c1-3-11-31(25-14-20(33-2)8-9-21(25)27)19-7-10-22-23(13-19)30-24(16-28-22)18-15-29-32(17-18)26-6-4-5-12-34-26;1-17(2)27-13-21(33)16-32(20-8-22(34-4)11-23(9-20)35-5)19-6-7-24-25(10-19)30-26(14-28-24)18-12-29-31(3)15-18;1-28-13-16(11-26-28)24-12-25-22-6-5-17(9-23(22)27-24)29(14-19(30)15-31-2)18-7-20(32-3)10-21(8-18)33-4;1-5-10-28(22-12-18(29-3)7-9-23(22)30-4)17-6-8-19-20(11-17)26-21(14-24-19)16-13-25-27(2)15-16/h7-10,13-17,26H,3-6,11-12H2,1-2H3;6-12,14-15,17,21,27,33H,13,16H2,1-5H3;5-13H,14-15H2,1-4H3;6-9,11-15H,5,10H2,1-4H3. The van der Waals surface area contributed by atoms with Gasteiger partial charge in [-0.3, -0.25) is 38.8 Å². The molecule has 0 saturated carbocycles. The highest BCUT2D eigenvalue weighted by Crippen LogP contribution is 2.42. The predicted molar refractivity (Wildman–Crippen MR) is 516 cm³/mol. The van der Waals surface area contributed by atoms with Crippen LogP contribution in [0.2, 0.25) is 5.02 Å². The van der Waals surface area contributed by atoms with E-state index in [1.807, 2.05) is 182 Å². The number of benzene rings is 8. The lowest BCUT2D eigenvalue weighted by Crippen LogP contribution is -2.38. The molecule has 1 aliphatic rings. The van der Waals surface area contributed by atoms with Crippen molar-refractivity contribution in [2.45, 2.75) is 78.2 Å². The van der Waals surface area contributed by atoms with Crippen molar-refractivity contribution in [1.82, 2.24) is 84.3 Å². The molecule has 684 valence electrons. The molecule has 0 amide bonds. The molecular weight excluding hydrogens is 1690 g/mol. The summed E-state index contributed by atoms with van der Waals surface area (Å²) in [5.41, 5.74) is 20.1. The lowest BCUT2D eigenvalue weighted by atomic mass is 10.1. The van der Waals surface area contributed by atoms with Crippen LogP contribution in [0.3, 0.4) is 0 Å². The minimum atomic E-state index is -0.613. The second-order valence-electron chi connectivity index (χ2n) is 31.6. The zero-order valence-corrected chi connectivity index (χ0v) is 77.6. The zero-order valence-electron chi connectivity index (χ0n) is 76.9. The van der Waals surface area contributed by atoms with E-state index in [9.17, 15) is 9.90 Å². The van der Waals surface area contributed by atoms with Gasteiger partial charge in [-0.25, -0.2) is 24.6 Å². The molecule has 9 heterocycles. The number of fused-ring (bicyclic) bond motifs is 4. The topological polar surface area (TPSA) is 320 Å². The van der Waals surface area contributed by atoms with Gasteiger partial charge < -0.3 is 72.7 Å². The van der Waals surface area contributed by atoms with Crippen molar-refractivity contribution >= 4 is 107 Å². The van der Waals surface area contributed by atoms with Crippen LogP contribution in [0.25, 0.3) is 89.2 Å². The Labute approximate surface area is 771 Å². The number of carbonyl (C=O) groups excluding carboxylic acids is 1. The Morgan fingerprint density at radius 1 is 0.447 bits per heavy atom. The van der Waals surface area contributed by atoms with E-state index in [-0.39, 0.29) is 31.2 Å². The van der Waals surface area contributed by atoms with Gasteiger partial charge in [0.05, 0.1) is 202 Å². The maximum atomic E-state index is 12.5. The molecule has 33 heteroatoms. The SMILES string of the molecule is CCCN(c1ccc2ncc(-c3cnn(C)c3)nc2c1)c1cc(OC)ccc1OC.CCCN(c1ccc2ncc(-c3cnn(C4CCCCO4)c3)nc2c1)c1cc(OC)ccc1Cl.COCC(=O)CN(c1cc(OC)cc(OC)c1)c1ccc2ncc(-c3cnn(C)c3)nc2c1.COc1cc(OC)cc(N(CC(O)CNC(C)C)c2ccc3ncc(-c4cnn(C)c4)nc3c2)c1. The first-order valence-corrected chi connectivity index (χ1v) is 43.8. The van der Waals surface area contributed by atoms with E-state index < -0.39 is 6.10 Å². The van der Waals surface area contributed by atoms with E-state index in [0.717, 1.165) is 198 Å². The van der Waals surface area contributed by atoms with Crippen LogP contribution in [0.5, 0.6) is 40.2 Å². The Kier molecular flexibility index (Phi) is 31.4. The minimum absolute atomic E-state index is 0.00210. The van der Waals surface area contributed by atoms with E-state index in [1.54, 1.807) is 113 Å². The number of Topliss-reactive ketones (excluding diaryl/α,β-unsaturated/α-hetero) is 1. The number of aliphatic hydroxyl groups is 1. The molecular formula is C99H110ClN21O11. The second kappa shape index (κ2) is 44.2. The number of methoxy groups -OCH3 is 8. The molecule has 2 atom stereocenters. The summed E-state index contributed by atoms with van der Waals surface area (Å²) in [6.45, 7) is 11.8. The number of ketones is 1. The molecule has 2 unspecified atom stereocenters. The fourth-order valence-electron chi connectivity index (χ4n) is 15.1. The zero-order chi connectivity index (χ0) is 92.9. The molecule has 1 fully saturated rings. The highest BCUT2D eigenvalue weighted by molar-refractivity contribution is 6.33. The summed E-state index contributed by atoms with van der Waals surface area (Å²) in [5.74, 6) is 4.83. The molecule has 1 saturated heterocycles. The highest BCUT2D eigenvalue weighted by Gasteiger charge is 2.25. The van der Waals surface area contributed by atoms with Gasteiger partial charge in [0.1, 0.15) is 53.1 Å². The molecule has 0 radical (unpaired) electrons. The first kappa shape index (κ1) is 93.7. The fraction of sp³-hybridized carbons (Fsp3) is 0.303. The number of hydrogen-bond donors (Lipinski definition) is 2.